The number of unbranched alkanes of at least 4 members (excludes halogenated alkanes) is 1. The van der Waals surface area contributed by atoms with Crippen LogP contribution in [0.2, 0.25) is 0 Å². The summed E-state index contributed by atoms with van der Waals surface area (Å²) in [5.41, 5.74) is 5.48. The van der Waals surface area contributed by atoms with E-state index in [2.05, 4.69) is 13.0 Å². The molecule has 1 aliphatic heterocycles. The Balaban J connectivity index is 1.70. The van der Waals surface area contributed by atoms with Crippen molar-refractivity contribution in [2.75, 3.05) is 20.5 Å². The molecule has 7 nitrogen and oxygen atoms in total. The van der Waals surface area contributed by atoms with Gasteiger partial charge < -0.3 is 24.4 Å². The third-order valence-corrected chi connectivity index (χ3v) is 7.76. The number of benzene rings is 2. The average molecular weight is 518 g/mol. The molecule has 2 heterocycles. The van der Waals surface area contributed by atoms with E-state index in [0.717, 1.165) is 52.9 Å². The van der Waals surface area contributed by atoms with Crippen molar-refractivity contribution < 1.29 is 29.2 Å². The van der Waals surface area contributed by atoms with E-state index in [0.29, 0.717) is 23.7 Å². The molecule has 2 aromatic carbocycles. The standard InChI is InChI=1S/C31H35NO6/c1-4-5-6-21-8-10-24-27(19-7-12-25-26(15-19)38-17-37-25)29(31(34)35)28(30(24)32-21)23-11-9-22(36-3)14-20(23)13-18(2)16-33/h7-12,14-15,18,27-29,33H,4-6,13,16-17H2,1-3H3,(H,34,35)/t18-,27-,28-,29+/m0/s1. The second-order valence-electron chi connectivity index (χ2n) is 10.4. The number of aliphatic carboxylic acids is 1. The van der Waals surface area contributed by atoms with Crippen LogP contribution in [0.15, 0.2) is 48.5 Å². The molecular weight excluding hydrogens is 482 g/mol. The summed E-state index contributed by atoms with van der Waals surface area (Å²) in [4.78, 5) is 18.2. The summed E-state index contributed by atoms with van der Waals surface area (Å²) >= 11 is 0. The van der Waals surface area contributed by atoms with Gasteiger partial charge >= 0.3 is 5.97 Å². The van der Waals surface area contributed by atoms with Crippen LogP contribution in [-0.4, -0.2) is 41.7 Å². The molecule has 0 spiro atoms. The Bertz CT molecular complexity index is 1320. The van der Waals surface area contributed by atoms with Crippen molar-refractivity contribution in [1.82, 2.24) is 4.98 Å². The van der Waals surface area contributed by atoms with Crippen LogP contribution in [0.3, 0.4) is 0 Å². The van der Waals surface area contributed by atoms with Gasteiger partial charge in [-0.25, -0.2) is 0 Å². The molecule has 0 saturated carbocycles. The molecule has 7 heteroatoms. The van der Waals surface area contributed by atoms with Gasteiger partial charge in [-0.2, -0.15) is 0 Å². The fraction of sp³-hybridized carbons (Fsp3) is 0.419. The number of fused-ring (bicyclic) bond motifs is 2. The molecule has 0 saturated heterocycles. The predicted molar refractivity (Wildman–Crippen MR) is 143 cm³/mol. The van der Waals surface area contributed by atoms with Gasteiger partial charge in [0.05, 0.1) is 18.7 Å². The van der Waals surface area contributed by atoms with Crippen molar-refractivity contribution in [2.24, 2.45) is 11.8 Å². The lowest BCUT2D eigenvalue weighted by atomic mass is 9.78. The average Bonchev–Trinajstić information content (AvgIpc) is 3.53. The highest BCUT2D eigenvalue weighted by atomic mass is 16.7. The van der Waals surface area contributed by atoms with Gasteiger partial charge in [-0.15, -0.1) is 0 Å². The molecule has 1 aliphatic carbocycles. The number of aliphatic hydroxyl groups is 1. The van der Waals surface area contributed by atoms with E-state index < -0.39 is 23.7 Å². The number of carbonyl (C=O) groups is 1. The summed E-state index contributed by atoms with van der Waals surface area (Å²) in [7, 11) is 1.62. The molecule has 4 atom stereocenters. The summed E-state index contributed by atoms with van der Waals surface area (Å²) in [6.07, 6.45) is 3.53. The minimum absolute atomic E-state index is 0.0125. The second kappa shape index (κ2) is 11.0. The molecule has 1 aromatic heterocycles. The maximum Gasteiger partial charge on any atom is 0.308 e. The van der Waals surface area contributed by atoms with E-state index in [1.165, 1.54) is 0 Å². The van der Waals surface area contributed by atoms with Crippen LogP contribution in [-0.2, 0) is 17.6 Å². The Morgan fingerprint density at radius 2 is 1.87 bits per heavy atom. The highest BCUT2D eigenvalue weighted by Gasteiger charge is 2.48. The van der Waals surface area contributed by atoms with Gasteiger partial charge in [-0.1, -0.05) is 38.5 Å². The first-order valence-corrected chi connectivity index (χ1v) is 13.3. The largest absolute Gasteiger partial charge is 0.497 e. The molecule has 0 unspecified atom stereocenters. The maximum absolute atomic E-state index is 13.1. The number of aliphatic hydroxyl groups excluding tert-OH is 1. The lowest BCUT2D eigenvalue weighted by Crippen LogP contribution is -2.25. The quantitative estimate of drug-likeness (QED) is 0.376. The van der Waals surface area contributed by atoms with Crippen molar-refractivity contribution in [3.05, 3.63) is 82.2 Å². The van der Waals surface area contributed by atoms with Crippen molar-refractivity contribution in [3.63, 3.8) is 0 Å². The number of aryl methyl sites for hydroxylation is 1. The van der Waals surface area contributed by atoms with Crippen LogP contribution >= 0.6 is 0 Å². The Labute approximate surface area is 223 Å². The summed E-state index contributed by atoms with van der Waals surface area (Å²) < 4.78 is 16.6. The molecular formula is C31H35NO6. The molecule has 3 aromatic rings. The SMILES string of the molecule is CCCCc1ccc2c(n1)[C@@H](c1ccc(OC)cc1C[C@H](C)CO)[C@H](C(=O)O)[C@H]2c1ccc2c(c1)OCO2. The van der Waals surface area contributed by atoms with E-state index in [1.54, 1.807) is 7.11 Å². The monoisotopic (exact) mass is 517 g/mol. The van der Waals surface area contributed by atoms with E-state index in [1.807, 2.05) is 49.4 Å². The second-order valence-corrected chi connectivity index (χ2v) is 10.4. The van der Waals surface area contributed by atoms with Crippen LogP contribution < -0.4 is 14.2 Å². The summed E-state index contributed by atoms with van der Waals surface area (Å²) in [6.45, 7) is 4.33. The number of ether oxygens (including phenoxy) is 3. The fourth-order valence-corrected chi connectivity index (χ4v) is 5.84. The van der Waals surface area contributed by atoms with Gasteiger partial charge in [0.1, 0.15) is 5.75 Å². The van der Waals surface area contributed by atoms with Crippen LogP contribution in [0.1, 0.15) is 72.2 Å². The van der Waals surface area contributed by atoms with Crippen molar-refractivity contribution in [1.29, 1.82) is 0 Å². The number of aromatic nitrogens is 1. The molecule has 2 aliphatic rings. The van der Waals surface area contributed by atoms with Gasteiger partial charge in [0.2, 0.25) is 6.79 Å². The minimum atomic E-state index is -0.872. The van der Waals surface area contributed by atoms with Gasteiger partial charge in [0, 0.05) is 24.1 Å². The number of pyridine rings is 1. The topological polar surface area (TPSA) is 98.1 Å². The lowest BCUT2D eigenvalue weighted by Gasteiger charge is -2.25. The smallest absolute Gasteiger partial charge is 0.308 e. The van der Waals surface area contributed by atoms with Crippen molar-refractivity contribution >= 4 is 5.97 Å². The predicted octanol–water partition coefficient (Wildman–Crippen LogP) is 5.31. The van der Waals surface area contributed by atoms with E-state index in [-0.39, 0.29) is 19.3 Å². The molecule has 200 valence electrons. The number of carboxylic acid groups (broad SMARTS) is 1. The number of hydrogen-bond donors (Lipinski definition) is 2. The van der Waals surface area contributed by atoms with Gasteiger partial charge in [-0.05, 0) is 77.8 Å². The third-order valence-electron chi connectivity index (χ3n) is 7.76. The summed E-state index contributed by atoms with van der Waals surface area (Å²) in [5.74, 6) is -0.482. The zero-order chi connectivity index (χ0) is 26.8. The first-order chi connectivity index (χ1) is 18.4. The minimum Gasteiger partial charge on any atom is -0.497 e. The number of carboxylic acids is 1. The number of nitrogens with zero attached hydrogens (tertiary/aromatic N) is 1. The molecule has 0 radical (unpaired) electrons. The molecule has 38 heavy (non-hydrogen) atoms. The summed E-state index contributed by atoms with van der Waals surface area (Å²) in [6, 6.07) is 15.6. The van der Waals surface area contributed by atoms with Crippen LogP contribution in [0.25, 0.3) is 0 Å². The molecule has 0 bridgehead atoms. The van der Waals surface area contributed by atoms with Crippen LogP contribution in [0.4, 0.5) is 0 Å². The van der Waals surface area contributed by atoms with Gasteiger partial charge in [0.15, 0.2) is 11.5 Å². The van der Waals surface area contributed by atoms with Crippen molar-refractivity contribution in [3.8, 4) is 17.2 Å². The zero-order valence-electron chi connectivity index (χ0n) is 22.1. The van der Waals surface area contributed by atoms with Gasteiger partial charge in [-0.3, -0.25) is 9.78 Å². The van der Waals surface area contributed by atoms with Crippen LogP contribution in [0.5, 0.6) is 17.2 Å². The first-order valence-electron chi connectivity index (χ1n) is 13.3. The third kappa shape index (κ3) is 4.83. The number of rotatable bonds is 10. The van der Waals surface area contributed by atoms with Gasteiger partial charge in [0.25, 0.3) is 0 Å². The Morgan fingerprint density at radius 1 is 1.08 bits per heavy atom. The highest BCUT2D eigenvalue weighted by Crippen LogP contribution is 2.54. The fourth-order valence-electron chi connectivity index (χ4n) is 5.84. The molecule has 0 fully saturated rings. The first kappa shape index (κ1) is 26.0. The Morgan fingerprint density at radius 3 is 2.61 bits per heavy atom. The van der Waals surface area contributed by atoms with Crippen LogP contribution in [0, 0.1) is 11.8 Å². The van der Waals surface area contributed by atoms with E-state index in [9.17, 15) is 15.0 Å². The zero-order valence-corrected chi connectivity index (χ0v) is 22.1. The Hall–Kier alpha value is -3.58. The maximum atomic E-state index is 13.1. The van der Waals surface area contributed by atoms with E-state index >= 15 is 0 Å². The molecule has 2 N–H and O–H groups in total. The Kier molecular flexibility index (Phi) is 7.56. The highest BCUT2D eigenvalue weighted by molar-refractivity contribution is 5.77. The number of methoxy groups -OCH3 is 1. The molecule has 5 rings (SSSR count). The lowest BCUT2D eigenvalue weighted by molar-refractivity contribution is -0.142. The van der Waals surface area contributed by atoms with Crippen molar-refractivity contribution in [2.45, 2.75) is 51.4 Å². The number of hydrogen-bond acceptors (Lipinski definition) is 6. The van der Waals surface area contributed by atoms with E-state index in [4.69, 9.17) is 19.2 Å². The summed E-state index contributed by atoms with van der Waals surface area (Å²) in [5, 5.41) is 20.5. The normalized spacial score (nSPS) is 20.3. The molecule has 0 amide bonds.